The number of anilines is 1. The van der Waals surface area contributed by atoms with Gasteiger partial charge in [-0.3, -0.25) is 4.79 Å². The van der Waals surface area contributed by atoms with Crippen molar-refractivity contribution in [2.24, 2.45) is 0 Å². The van der Waals surface area contributed by atoms with Crippen molar-refractivity contribution in [1.29, 1.82) is 0 Å². The van der Waals surface area contributed by atoms with Gasteiger partial charge in [0.2, 0.25) is 10.0 Å². The molecule has 0 bridgehead atoms. The number of rotatable bonds is 9. The van der Waals surface area contributed by atoms with Crippen LogP contribution in [-0.4, -0.2) is 72.3 Å². The third-order valence-corrected chi connectivity index (χ3v) is 7.09. The number of nitrogens with one attached hydrogen (secondary N) is 1. The molecule has 0 unspecified atom stereocenters. The Kier molecular flexibility index (Phi) is 8.86. The smallest absolute Gasteiger partial charge is 0.416 e. The monoisotopic (exact) mass is 535 g/mol. The van der Waals surface area contributed by atoms with E-state index in [9.17, 15) is 26.4 Å². The molecule has 1 N–H and O–H groups in total. The van der Waals surface area contributed by atoms with Crippen molar-refractivity contribution in [2.45, 2.75) is 11.1 Å². The Morgan fingerprint density at radius 2 is 1.83 bits per heavy atom. The lowest BCUT2D eigenvalue weighted by Gasteiger charge is -2.36. The van der Waals surface area contributed by atoms with E-state index in [4.69, 9.17) is 21.1 Å². The van der Waals surface area contributed by atoms with E-state index in [1.54, 1.807) is 15.9 Å². The molecule has 1 saturated heterocycles. The first-order valence-corrected chi connectivity index (χ1v) is 12.5. The van der Waals surface area contributed by atoms with Crippen molar-refractivity contribution in [2.75, 3.05) is 57.9 Å². The maximum atomic E-state index is 13.0. The van der Waals surface area contributed by atoms with E-state index in [0.717, 1.165) is 12.1 Å². The number of carbonyl (C=O) groups excluding carboxylic acids is 1. The molecule has 1 aliphatic rings. The number of amides is 1. The van der Waals surface area contributed by atoms with Crippen molar-refractivity contribution in [3.8, 4) is 5.75 Å². The third-order valence-electron chi connectivity index (χ3n) is 5.33. The summed E-state index contributed by atoms with van der Waals surface area (Å²) in [4.78, 5) is 15.8. The third kappa shape index (κ3) is 7.23. The number of ether oxygens (including phenoxy) is 2. The number of sulfonamides is 1. The predicted molar refractivity (Wildman–Crippen MR) is 124 cm³/mol. The number of methoxy groups -OCH3 is 1. The van der Waals surface area contributed by atoms with Crippen LogP contribution in [0.25, 0.3) is 0 Å². The summed E-state index contributed by atoms with van der Waals surface area (Å²) < 4.78 is 76.1. The fourth-order valence-electron chi connectivity index (χ4n) is 3.45. The number of benzene rings is 2. The van der Waals surface area contributed by atoms with Crippen LogP contribution in [0.2, 0.25) is 5.02 Å². The number of halogens is 4. The van der Waals surface area contributed by atoms with Crippen molar-refractivity contribution < 1.29 is 35.9 Å². The molecule has 3 rings (SSSR count). The van der Waals surface area contributed by atoms with Crippen LogP contribution in [0, 0.1) is 0 Å². The maximum absolute atomic E-state index is 13.0. The lowest BCUT2D eigenvalue weighted by Crippen LogP contribution is -2.50. The molecule has 0 radical (unpaired) electrons. The fourth-order valence-corrected chi connectivity index (χ4v) is 4.79. The van der Waals surface area contributed by atoms with Gasteiger partial charge in [0.05, 0.1) is 22.1 Å². The van der Waals surface area contributed by atoms with Crippen molar-refractivity contribution >= 4 is 33.2 Å². The van der Waals surface area contributed by atoms with Gasteiger partial charge in [-0.2, -0.15) is 13.2 Å². The first kappa shape index (κ1) is 27.1. The summed E-state index contributed by atoms with van der Waals surface area (Å²) in [5.41, 5.74) is -0.273. The summed E-state index contributed by atoms with van der Waals surface area (Å²) in [5, 5.41) is 0.0294. The molecule has 192 valence electrons. The minimum absolute atomic E-state index is 0.0294. The highest BCUT2D eigenvalue weighted by Crippen LogP contribution is 2.32. The van der Waals surface area contributed by atoms with Gasteiger partial charge < -0.3 is 19.3 Å². The van der Waals surface area contributed by atoms with Crippen LogP contribution in [0.1, 0.15) is 5.56 Å². The van der Waals surface area contributed by atoms with E-state index in [0.29, 0.717) is 31.9 Å². The maximum Gasteiger partial charge on any atom is 0.416 e. The van der Waals surface area contributed by atoms with Gasteiger partial charge in [0, 0.05) is 45.5 Å². The zero-order valence-corrected chi connectivity index (χ0v) is 20.4. The van der Waals surface area contributed by atoms with Crippen LogP contribution in [0.5, 0.6) is 5.75 Å². The number of nitrogens with zero attached hydrogens (tertiary/aromatic N) is 2. The minimum Gasteiger partial charge on any atom is -0.482 e. The zero-order valence-electron chi connectivity index (χ0n) is 18.8. The lowest BCUT2D eigenvalue weighted by molar-refractivity contribution is -0.137. The molecule has 2 aromatic carbocycles. The molecule has 2 aromatic rings. The largest absolute Gasteiger partial charge is 0.482 e. The van der Waals surface area contributed by atoms with E-state index >= 15 is 0 Å². The molecule has 1 heterocycles. The highest BCUT2D eigenvalue weighted by atomic mass is 35.5. The lowest BCUT2D eigenvalue weighted by atomic mass is 10.1. The van der Waals surface area contributed by atoms with E-state index < -0.39 is 21.8 Å². The molecule has 8 nitrogen and oxygen atoms in total. The van der Waals surface area contributed by atoms with E-state index in [1.165, 1.54) is 31.4 Å². The number of alkyl halides is 3. The van der Waals surface area contributed by atoms with Crippen molar-refractivity contribution in [1.82, 2.24) is 9.62 Å². The van der Waals surface area contributed by atoms with Gasteiger partial charge in [0.15, 0.2) is 6.61 Å². The van der Waals surface area contributed by atoms with Gasteiger partial charge in [-0.05, 0) is 36.4 Å². The Hall–Kier alpha value is -2.54. The summed E-state index contributed by atoms with van der Waals surface area (Å²) in [6.07, 6.45) is -4.42. The van der Waals surface area contributed by atoms with Gasteiger partial charge in [0.25, 0.3) is 5.91 Å². The van der Waals surface area contributed by atoms with Gasteiger partial charge in [-0.25, -0.2) is 13.1 Å². The molecular weight excluding hydrogens is 511 g/mol. The second-order valence-electron chi connectivity index (χ2n) is 7.69. The minimum atomic E-state index is -4.42. The van der Waals surface area contributed by atoms with E-state index in [1.807, 2.05) is 0 Å². The number of hydrogen-bond donors (Lipinski definition) is 1. The van der Waals surface area contributed by atoms with Crippen LogP contribution in [0.3, 0.4) is 0 Å². The predicted octanol–water partition coefficient (Wildman–Crippen LogP) is 3.01. The molecular formula is C22H25ClF3N3O5S. The molecule has 0 atom stereocenters. The summed E-state index contributed by atoms with van der Waals surface area (Å²) in [6, 6.07) is 8.99. The van der Waals surface area contributed by atoms with Gasteiger partial charge >= 0.3 is 6.18 Å². The van der Waals surface area contributed by atoms with Crippen LogP contribution in [0.15, 0.2) is 47.4 Å². The second-order valence-corrected chi connectivity index (χ2v) is 9.86. The fraction of sp³-hybridized carbons (Fsp3) is 0.409. The standard InChI is InChI=1S/C22H25ClF3N3O5S/c1-33-12-7-27-35(31,32)18-5-6-20(19(23)14-18)34-15-21(30)29-10-8-28(9-11-29)17-4-2-3-16(13-17)22(24,25)26/h2-6,13-14,27H,7-12,15H2,1H3. The Balaban J connectivity index is 1.53. The molecule has 0 saturated carbocycles. The second kappa shape index (κ2) is 11.5. The molecule has 0 aliphatic carbocycles. The SMILES string of the molecule is COCCNS(=O)(=O)c1ccc(OCC(=O)N2CCN(c3cccc(C(F)(F)F)c3)CC2)c(Cl)c1. The van der Waals surface area contributed by atoms with Crippen molar-refractivity contribution in [3.05, 3.63) is 53.1 Å². The van der Waals surface area contributed by atoms with Crippen LogP contribution in [-0.2, 0) is 25.7 Å². The highest BCUT2D eigenvalue weighted by molar-refractivity contribution is 7.89. The van der Waals surface area contributed by atoms with Gasteiger partial charge in [0.1, 0.15) is 5.75 Å². The van der Waals surface area contributed by atoms with Crippen molar-refractivity contribution in [3.63, 3.8) is 0 Å². The first-order valence-electron chi connectivity index (χ1n) is 10.6. The number of hydrogen-bond acceptors (Lipinski definition) is 6. The Morgan fingerprint density at radius 3 is 2.46 bits per heavy atom. The number of carbonyl (C=O) groups is 1. The Bertz CT molecular complexity index is 1140. The summed E-state index contributed by atoms with van der Waals surface area (Å²) in [6.45, 7) is 1.37. The van der Waals surface area contributed by atoms with Gasteiger partial charge in [-0.15, -0.1) is 0 Å². The summed E-state index contributed by atoms with van der Waals surface area (Å²) in [5.74, 6) is -0.166. The van der Waals surface area contributed by atoms with E-state index in [-0.39, 0.29) is 41.3 Å². The summed E-state index contributed by atoms with van der Waals surface area (Å²) >= 11 is 6.14. The van der Waals surface area contributed by atoms with Crippen LogP contribution in [0.4, 0.5) is 18.9 Å². The highest BCUT2D eigenvalue weighted by Gasteiger charge is 2.31. The summed E-state index contributed by atoms with van der Waals surface area (Å²) in [7, 11) is -2.32. The number of piperazine rings is 1. The molecule has 1 aliphatic heterocycles. The molecule has 35 heavy (non-hydrogen) atoms. The normalized spacial score (nSPS) is 14.8. The Labute approximate surface area is 206 Å². The first-order chi connectivity index (χ1) is 16.5. The topological polar surface area (TPSA) is 88.2 Å². The molecule has 0 spiro atoms. The van der Waals surface area contributed by atoms with Crippen LogP contribution >= 0.6 is 11.6 Å². The molecule has 0 aromatic heterocycles. The van der Waals surface area contributed by atoms with Gasteiger partial charge in [-0.1, -0.05) is 17.7 Å². The molecule has 1 fully saturated rings. The molecule has 1 amide bonds. The molecule has 13 heteroatoms. The zero-order chi connectivity index (χ0) is 25.6. The van der Waals surface area contributed by atoms with Crippen LogP contribution < -0.4 is 14.4 Å². The average molecular weight is 536 g/mol. The average Bonchev–Trinajstić information content (AvgIpc) is 2.83. The quantitative estimate of drug-likeness (QED) is 0.497. The van der Waals surface area contributed by atoms with E-state index in [2.05, 4.69) is 4.72 Å². The Morgan fingerprint density at radius 1 is 1.11 bits per heavy atom.